The minimum atomic E-state index is 0.141. The predicted octanol–water partition coefficient (Wildman–Crippen LogP) is 3.13. The van der Waals surface area contributed by atoms with Crippen LogP contribution in [0.4, 0.5) is 0 Å². The van der Waals surface area contributed by atoms with Crippen molar-refractivity contribution < 1.29 is 9.47 Å². The summed E-state index contributed by atoms with van der Waals surface area (Å²) in [5.41, 5.74) is 2.53. The highest BCUT2D eigenvalue weighted by molar-refractivity contribution is 5.22. The van der Waals surface area contributed by atoms with E-state index in [1.54, 1.807) is 0 Å². The van der Waals surface area contributed by atoms with Crippen LogP contribution in [0.3, 0.4) is 0 Å². The van der Waals surface area contributed by atoms with Gasteiger partial charge in [0.15, 0.2) is 0 Å². The first-order chi connectivity index (χ1) is 9.26. The minimum absolute atomic E-state index is 0.141. The second kappa shape index (κ2) is 9.96. The van der Waals surface area contributed by atoms with Gasteiger partial charge in [0.2, 0.25) is 0 Å². The molecule has 1 atom stereocenters. The van der Waals surface area contributed by atoms with Crippen LogP contribution >= 0.6 is 0 Å². The van der Waals surface area contributed by atoms with Gasteiger partial charge >= 0.3 is 0 Å². The normalized spacial score (nSPS) is 12.6. The number of rotatable bonds is 10. The molecule has 0 aliphatic heterocycles. The summed E-state index contributed by atoms with van der Waals surface area (Å²) in [6.07, 6.45) is 1.31. The molecule has 1 aromatic rings. The maximum absolute atomic E-state index is 5.77. The van der Waals surface area contributed by atoms with Crippen LogP contribution in [0.5, 0.6) is 0 Å². The van der Waals surface area contributed by atoms with Crippen LogP contribution in [0, 0.1) is 0 Å². The van der Waals surface area contributed by atoms with Gasteiger partial charge in [-0.05, 0) is 37.9 Å². The predicted molar refractivity (Wildman–Crippen MR) is 79.2 cm³/mol. The first kappa shape index (κ1) is 16.2. The van der Waals surface area contributed by atoms with Crippen molar-refractivity contribution in [2.75, 3.05) is 19.8 Å². The van der Waals surface area contributed by atoms with Crippen LogP contribution in [0.2, 0.25) is 0 Å². The second-order valence-electron chi connectivity index (χ2n) is 4.78. The smallest absolute Gasteiger partial charge is 0.0785 e. The maximum atomic E-state index is 5.77. The Morgan fingerprint density at radius 1 is 1.21 bits per heavy atom. The topological polar surface area (TPSA) is 30.5 Å². The molecule has 108 valence electrons. The Kier molecular flexibility index (Phi) is 8.47. The van der Waals surface area contributed by atoms with Crippen LogP contribution in [0.1, 0.15) is 38.3 Å². The fraction of sp³-hybridized carbons (Fsp3) is 0.625. The van der Waals surface area contributed by atoms with E-state index in [0.29, 0.717) is 13.2 Å². The van der Waals surface area contributed by atoms with Crippen molar-refractivity contribution >= 4 is 0 Å². The Morgan fingerprint density at radius 3 is 2.74 bits per heavy atom. The first-order valence-electron chi connectivity index (χ1n) is 7.24. The summed E-state index contributed by atoms with van der Waals surface area (Å²) in [4.78, 5) is 0. The van der Waals surface area contributed by atoms with Crippen molar-refractivity contribution in [2.24, 2.45) is 0 Å². The zero-order chi connectivity index (χ0) is 13.9. The molecule has 0 spiro atoms. The largest absolute Gasteiger partial charge is 0.379 e. The van der Waals surface area contributed by atoms with E-state index >= 15 is 0 Å². The zero-order valence-corrected chi connectivity index (χ0v) is 12.4. The lowest BCUT2D eigenvalue weighted by Gasteiger charge is -2.13. The third kappa shape index (κ3) is 7.31. The maximum Gasteiger partial charge on any atom is 0.0785 e. The molecule has 0 amide bonds. The van der Waals surface area contributed by atoms with Crippen molar-refractivity contribution in [3.05, 3.63) is 35.4 Å². The van der Waals surface area contributed by atoms with E-state index in [1.807, 2.05) is 13.8 Å². The van der Waals surface area contributed by atoms with Gasteiger partial charge in [0.05, 0.1) is 19.3 Å². The Bertz CT molecular complexity index is 341. The van der Waals surface area contributed by atoms with E-state index in [-0.39, 0.29) is 6.10 Å². The molecule has 1 rings (SSSR count). The molecule has 19 heavy (non-hydrogen) atoms. The third-order valence-corrected chi connectivity index (χ3v) is 2.84. The van der Waals surface area contributed by atoms with Crippen LogP contribution in [-0.4, -0.2) is 25.9 Å². The zero-order valence-electron chi connectivity index (χ0n) is 12.4. The van der Waals surface area contributed by atoms with Gasteiger partial charge in [-0.3, -0.25) is 0 Å². The van der Waals surface area contributed by atoms with Gasteiger partial charge in [-0.15, -0.1) is 0 Å². The van der Waals surface area contributed by atoms with E-state index in [0.717, 1.165) is 26.1 Å². The standard InChI is InChI=1S/C16H27NO2/c1-4-9-17-11-15-7-6-8-16(10-15)13-19-14(3)12-18-5-2/h6-8,10,14,17H,4-5,9,11-13H2,1-3H3. The lowest BCUT2D eigenvalue weighted by molar-refractivity contribution is -0.0116. The highest BCUT2D eigenvalue weighted by atomic mass is 16.5. The van der Waals surface area contributed by atoms with Gasteiger partial charge < -0.3 is 14.8 Å². The molecule has 0 heterocycles. The van der Waals surface area contributed by atoms with Gasteiger partial charge in [-0.1, -0.05) is 31.2 Å². The summed E-state index contributed by atoms with van der Waals surface area (Å²) in [5, 5.41) is 3.41. The number of hydrogen-bond acceptors (Lipinski definition) is 3. The van der Waals surface area contributed by atoms with Gasteiger partial charge in [-0.25, -0.2) is 0 Å². The van der Waals surface area contributed by atoms with Crippen LogP contribution in [0.25, 0.3) is 0 Å². The average molecular weight is 265 g/mol. The summed E-state index contributed by atoms with van der Waals surface area (Å²) >= 11 is 0. The molecule has 1 unspecified atom stereocenters. The van der Waals surface area contributed by atoms with Crippen LogP contribution in [0.15, 0.2) is 24.3 Å². The van der Waals surface area contributed by atoms with Crippen LogP contribution in [-0.2, 0) is 22.6 Å². The Morgan fingerprint density at radius 2 is 2.00 bits per heavy atom. The molecule has 0 fully saturated rings. The van der Waals surface area contributed by atoms with Crippen molar-refractivity contribution in [1.29, 1.82) is 0 Å². The molecular weight excluding hydrogens is 238 g/mol. The molecule has 1 N–H and O–H groups in total. The molecular formula is C16H27NO2. The third-order valence-electron chi connectivity index (χ3n) is 2.84. The van der Waals surface area contributed by atoms with E-state index in [9.17, 15) is 0 Å². The average Bonchev–Trinajstić information content (AvgIpc) is 2.44. The summed E-state index contributed by atoms with van der Waals surface area (Å²) in [7, 11) is 0. The van der Waals surface area contributed by atoms with Crippen molar-refractivity contribution in [3.63, 3.8) is 0 Å². The molecule has 3 heteroatoms. The second-order valence-corrected chi connectivity index (χ2v) is 4.78. The molecule has 0 aromatic heterocycles. The highest BCUT2D eigenvalue weighted by Gasteiger charge is 2.03. The minimum Gasteiger partial charge on any atom is -0.379 e. The first-order valence-corrected chi connectivity index (χ1v) is 7.24. The number of hydrogen-bond donors (Lipinski definition) is 1. The van der Waals surface area contributed by atoms with Gasteiger partial charge in [0, 0.05) is 13.2 Å². The lowest BCUT2D eigenvalue weighted by atomic mass is 10.1. The van der Waals surface area contributed by atoms with Crippen LogP contribution < -0.4 is 5.32 Å². The van der Waals surface area contributed by atoms with E-state index in [4.69, 9.17) is 9.47 Å². The molecule has 0 aliphatic rings. The molecule has 0 radical (unpaired) electrons. The Hall–Kier alpha value is -0.900. The fourth-order valence-corrected chi connectivity index (χ4v) is 1.81. The highest BCUT2D eigenvalue weighted by Crippen LogP contribution is 2.08. The summed E-state index contributed by atoms with van der Waals surface area (Å²) < 4.78 is 11.1. The Balaban J connectivity index is 2.34. The van der Waals surface area contributed by atoms with Gasteiger partial charge in [-0.2, -0.15) is 0 Å². The van der Waals surface area contributed by atoms with E-state index < -0.39 is 0 Å². The van der Waals surface area contributed by atoms with Crippen molar-refractivity contribution in [1.82, 2.24) is 5.32 Å². The molecule has 1 aromatic carbocycles. The fourth-order valence-electron chi connectivity index (χ4n) is 1.81. The molecule has 0 saturated carbocycles. The molecule has 0 bridgehead atoms. The van der Waals surface area contributed by atoms with Crippen molar-refractivity contribution in [3.8, 4) is 0 Å². The molecule has 3 nitrogen and oxygen atoms in total. The number of ether oxygens (including phenoxy) is 2. The Labute approximate surface area is 117 Å². The van der Waals surface area contributed by atoms with E-state index in [2.05, 4.69) is 36.5 Å². The number of benzene rings is 1. The lowest BCUT2D eigenvalue weighted by Crippen LogP contribution is -2.16. The monoisotopic (exact) mass is 265 g/mol. The van der Waals surface area contributed by atoms with E-state index in [1.165, 1.54) is 11.1 Å². The van der Waals surface area contributed by atoms with Crippen molar-refractivity contribution in [2.45, 2.75) is 46.4 Å². The molecule has 0 aliphatic carbocycles. The van der Waals surface area contributed by atoms with Gasteiger partial charge in [0.1, 0.15) is 0 Å². The summed E-state index contributed by atoms with van der Waals surface area (Å²) in [6.45, 7) is 10.3. The van der Waals surface area contributed by atoms with Gasteiger partial charge in [0.25, 0.3) is 0 Å². The summed E-state index contributed by atoms with van der Waals surface area (Å²) in [5.74, 6) is 0. The SMILES string of the molecule is CCCNCc1cccc(COC(C)COCC)c1. The molecule has 0 saturated heterocycles. The quantitative estimate of drug-likeness (QED) is 0.659. The number of nitrogens with one attached hydrogen (secondary N) is 1. The summed E-state index contributed by atoms with van der Waals surface area (Å²) in [6, 6.07) is 8.55.